The number of aryl methyl sites for hydroxylation is 2. The fourth-order valence-electron chi connectivity index (χ4n) is 2.40. The summed E-state index contributed by atoms with van der Waals surface area (Å²) < 4.78 is 10.7. The number of nitrogens with one attached hydrogen (secondary N) is 1. The van der Waals surface area contributed by atoms with Gasteiger partial charge in [0.1, 0.15) is 11.5 Å². The predicted octanol–water partition coefficient (Wildman–Crippen LogP) is 4.15. The first kappa shape index (κ1) is 17.4. The number of amides is 1. The van der Waals surface area contributed by atoms with Crippen LogP contribution in [0.15, 0.2) is 54.6 Å². The Kier molecular flexibility index (Phi) is 5.12. The minimum Gasteiger partial charge on any atom is -0.497 e. The lowest BCUT2D eigenvalue weighted by Crippen LogP contribution is -2.11. The van der Waals surface area contributed by atoms with Gasteiger partial charge in [0.05, 0.1) is 7.11 Å². The largest absolute Gasteiger partial charge is 0.497 e. The molecule has 26 heavy (non-hydrogen) atoms. The van der Waals surface area contributed by atoms with Crippen molar-refractivity contribution in [2.75, 3.05) is 12.4 Å². The van der Waals surface area contributed by atoms with Crippen molar-refractivity contribution in [3.63, 3.8) is 0 Å². The molecule has 6 heteroatoms. The third kappa shape index (κ3) is 4.36. The maximum atomic E-state index is 12.3. The minimum atomic E-state index is -0.195. The molecule has 0 spiro atoms. The van der Waals surface area contributed by atoms with Gasteiger partial charge in [-0.05, 0) is 68.4 Å². The number of anilines is 1. The Bertz CT molecular complexity index is 886. The van der Waals surface area contributed by atoms with Crippen molar-refractivity contribution >= 4 is 11.6 Å². The van der Waals surface area contributed by atoms with Crippen molar-refractivity contribution in [3.05, 3.63) is 71.5 Å². The SMILES string of the molecule is COc1ccc(C(=O)Nc2ccc(Oc3nc(C)cc(C)n3)cc2)cc1. The summed E-state index contributed by atoms with van der Waals surface area (Å²) >= 11 is 0. The van der Waals surface area contributed by atoms with Crippen molar-refractivity contribution in [1.29, 1.82) is 0 Å². The van der Waals surface area contributed by atoms with Crippen LogP contribution >= 0.6 is 0 Å². The van der Waals surface area contributed by atoms with Crippen LogP contribution in [0.2, 0.25) is 0 Å². The van der Waals surface area contributed by atoms with Gasteiger partial charge >= 0.3 is 6.01 Å². The Labute approximate surface area is 151 Å². The summed E-state index contributed by atoms with van der Waals surface area (Å²) in [6, 6.07) is 16.1. The van der Waals surface area contributed by atoms with Crippen molar-refractivity contribution in [2.45, 2.75) is 13.8 Å². The monoisotopic (exact) mass is 349 g/mol. The number of nitrogens with zero attached hydrogens (tertiary/aromatic N) is 2. The standard InChI is InChI=1S/C20H19N3O3/c1-13-12-14(2)22-20(21-13)26-18-10-6-16(7-11-18)23-19(24)15-4-8-17(25-3)9-5-15/h4-12H,1-3H3,(H,23,24). The minimum absolute atomic E-state index is 0.195. The van der Waals surface area contributed by atoms with Crippen LogP contribution in [0.1, 0.15) is 21.7 Å². The molecule has 1 amide bonds. The second-order valence-electron chi connectivity index (χ2n) is 5.74. The average molecular weight is 349 g/mol. The van der Waals surface area contributed by atoms with Crippen molar-refractivity contribution < 1.29 is 14.3 Å². The van der Waals surface area contributed by atoms with Crippen LogP contribution in [-0.4, -0.2) is 23.0 Å². The first-order chi connectivity index (χ1) is 12.5. The summed E-state index contributed by atoms with van der Waals surface area (Å²) in [6.07, 6.45) is 0. The molecule has 3 aromatic rings. The van der Waals surface area contributed by atoms with Crippen LogP contribution in [0, 0.1) is 13.8 Å². The fourth-order valence-corrected chi connectivity index (χ4v) is 2.40. The van der Waals surface area contributed by atoms with Crippen LogP contribution in [-0.2, 0) is 0 Å². The first-order valence-corrected chi connectivity index (χ1v) is 8.09. The first-order valence-electron chi connectivity index (χ1n) is 8.09. The molecule has 1 heterocycles. The third-order valence-electron chi connectivity index (χ3n) is 3.64. The third-order valence-corrected chi connectivity index (χ3v) is 3.64. The molecular weight excluding hydrogens is 330 g/mol. The molecule has 0 saturated carbocycles. The van der Waals surface area contributed by atoms with Crippen LogP contribution in [0.25, 0.3) is 0 Å². The Morgan fingerprint density at radius 1 is 0.885 bits per heavy atom. The maximum Gasteiger partial charge on any atom is 0.322 e. The predicted molar refractivity (Wildman–Crippen MR) is 99.0 cm³/mol. The number of benzene rings is 2. The molecule has 6 nitrogen and oxygen atoms in total. The molecule has 3 rings (SSSR count). The molecule has 0 unspecified atom stereocenters. The second kappa shape index (κ2) is 7.65. The van der Waals surface area contributed by atoms with E-state index in [9.17, 15) is 4.79 Å². The smallest absolute Gasteiger partial charge is 0.322 e. The number of carbonyl (C=O) groups is 1. The zero-order valence-electron chi connectivity index (χ0n) is 14.8. The zero-order valence-corrected chi connectivity index (χ0v) is 14.8. The number of ether oxygens (including phenoxy) is 2. The van der Waals surface area contributed by atoms with Gasteiger partial charge in [-0.3, -0.25) is 4.79 Å². The van der Waals surface area contributed by atoms with Gasteiger partial charge in [0.25, 0.3) is 5.91 Å². The topological polar surface area (TPSA) is 73.3 Å². The average Bonchev–Trinajstić information content (AvgIpc) is 2.62. The van der Waals surface area contributed by atoms with E-state index in [1.807, 2.05) is 19.9 Å². The van der Waals surface area contributed by atoms with E-state index in [4.69, 9.17) is 9.47 Å². The summed E-state index contributed by atoms with van der Waals surface area (Å²) in [5, 5.41) is 2.84. The quantitative estimate of drug-likeness (QED) is 0.749. The normalized spacial score (nSPS) is 10.3. The van der Waals surface area contributed by atoms with Crippen molar-refractivity contribution in [3.8, 4) is 17.5 Å². The highest BCUT2D eigenvalue weighted by Gasteiger charge is 2.07. The summed E-state index contributed by atoms with van der Waals surface area (Å²) in [5.41, 5.74) is 2.90. The molecule has 1 N–H and O–H groups in total. The molecule has 1 aromatic heterocycles. The lowest BCUT2D eigenvalue weighted by Gasteiger charge is -2.08. The number of rotatable bonds is 5. The Balaban J connectivity index is 1.66. The highest BCUT2D eigenvalue weighted by Crippen LogP contribution is 2.21. The number of aromatic nitrogens is 2. The van der Waals surface area contributed by atoms with Gasteiger partial charge in [0, 0.05) is 22.6 Å². The van der Waals surface area contributed by atoms with Gasteiger partial charge in [-0.1, -0.05) is 0 Å². The summed E-state index contributed by atoms with van der Waals surface area (Å²) in [5.74, 6) is 1.10. The van der Waals surface area contributed by atoms with Gasteiger partial charge in [0.15, 0.2) is 0 Å². The Hall–Kier alpha value is -3.41. The van der Waals surface area contributed by atoms with Crippen LogP contribution in [0.4, 0.5) is 5.69 Å². The Morgan fingerprint density at radius 2 is 1.46 bits per heavy atom. The summed E-state index contributed by atoms with van der Waals surface area (Å²) in [4.78, 5) is 20.7. The Morgan fingerprint density at radius 3 is 2.04 bits per heavy atom. The number of carbonyl (C=O) groups excluding carboxylic acids is 1. The summed E-state index contributed by atoms with van der Waals surface area (Å²) in [6.45, 7) is 3.78. The fraction of sp³-hybridized carbons (Fsp3) is 0.150. The number of methoxy groups -OCH3 is 1. The van der Waals surface area contributed by atoms with Gasteiger partial charge in [-0.15, -0.1) is 0 Å². The zero-order chi connectivity index (χ0) is 18.5. The number of hydrogen-bond acceptors (Lipinski definition) is 5. The molecule has 0 aliphatic heterocycles. The highest BCUT2D eigenvalue weighted by molar-refractivity contribution is 6.04. The van der Waals surface area contributed by atoms with E-state index in [0.717, 1.165) is 11.4 Å². The lowest BCUT2D eigenvalue weighted by molar-refractivity contribution is 0.102. The summed E-state index contributed by atoms with van der Waals surface area (Å²) in [7, 11) is 1.59. The molecule has 0 fully saturated rings. The van der Waals surface area contributed by atoms with Crippen molar-refractivity contribution in [2.24, 2.45) is 0 Å². The van der Waals surface area contributed by atoms with Crippen LogP contribution in [0.3, 0.4) is 0 Å². The molecular formula is C20H19N3O3. The molecule has 0 atom stereocenters. The molecule has 0 saturated heterocycles. The van der Waals surface area contributed by atoms with Crippen LogP contribution in [0.5, 0.6) is 17.5 Å². The molecule has 0 aliphatic carbocycles. The van der Waals surface area contributed by atoms with E-state index in [2.05, 4.69) is 15.3 Å². The van der Waals surface area contributed by atoms with Gasteiger partial charge in [-0.2, -0.15) is 0 Å². The van der Waals surface area contributed by atoms with Gasteiger partial charge in [-0.25, -0.2) is 9.97 Å². The van der Waals surface area contributed by atoms with E-state index in [-0.39, 0.29) is 5.91 Å². The maximum absolute atomic E-state index is 12.3. The van der Waals surface area contributed by atoms with Gasteiger partial charge < -0.3 is 14.8 Å². The van der Waals surface area contributed by atoms with E-state index in [1.165, 1.54) is 0 Å². The van der Waals surface area contributed by atoms with Crippen molar-refractivity contribution in [1.82, 2.24) is 9.97 Å². The molecule has 0 bridgehead atoms. The molecule has 0 radical (unpaired) electrons. The van der Waals surface area contributed by atoms with E-state index in [0.29, 0.717) is 28.8 Å². The van der Waals surface area contributed by atoms with E-state index in [1.54, 1.807) is 55.6 Å². The van der Waals surface area contributed by atoms with Crippen LogP contribution < -0.4 is 14.8 Å². The highest BCUT2D eigenvalue weighted by atomic mass is 16.5. The molecule has 0 aliphatic rings. The van der Waals surface area contributed by atoms with E-state index < -0.39 is 0 Å². The van der Waals surface area contributed by atoms with E-state index >= 15 is 0 Å². The lowest BCUT2D eigenvalue weighted by atomic mass is 10.2. The second-order valence-corrected chi connectivity index (χ2v) is 5.74. The molecule has 132 valence electrons. The molecule has 2 aromatic carbocycles. The van der Waals surface area contributed by atoms with Gasteiger partial charge in [0.2, 0.25) is 0 Å². The number of hydrogen-bond donors (Lipinski definition) is 1.